The first kappa shape index (κ1) is 17.8. The first-order chi connectivity index (χ1) is 12.5. The van der Waals surface area contributed by atoms with Crippen LogP contribution in [-0.4, -0.2) is 11.8 Å². The average molecular weight is 368 g/mol. The third kappa shape index (κ3) is 4.34. The van der Waals surface area contributed by atoms with Crippen molar-refractivity contribution < 1.29 is 14.0 Å². The minimum absolute atomic E-state index is 0.179. The maximum atomic E-state index is 13.0. The molecule has 0 saturated carbocycles. The summed E-state index contributed by atoms with van der Waals surface area (Å²) in [5.74, 6) is -0.729. The van der Waals surface area contributed by atoms with Crippen LogP contribution in [0, 0.1) is 5.82 Å². The molecule has 1 atom stereocenters. The van der Waals surface area contributed by atoms with Crippen LogP contribution in [-0.2, 0) is 0 Å². The second-order valence-electron chi connectivity index (χ2n) is 5.76. The summed E-state index contributed by atoms with van der Waals surface area (Å²) < 4.78 is 13.0. The van der Waals surface area contributed by atoms with E-state index in [0.717, 1.165) is 5.56 Å². The van der Waals surface area contributed by atoms with Crippen LogP contribution in [0.5, 0.6) is 0 Å². The van der Waals surface area contributed by atoms with Crippen molar-refractivity contribution in [2.75, 3.05) is 5.32 Å². The molecule has 0 radical (unpaired) electrons. The number of hydrogen-bond acceptors (Lipinski definition) is 3. The number of thiophene rings is 1. The lowest BCUT2D eigenvalue weighted by molar-refractivity contribution is 0.0939. The first-order valence-corrected chi connectivity index (χ1v) is 8.92. The highest BCUT2D eigenvalue weighted by molar-refractivity contribution is 7.12. The highest BCUT2D eigenvalue weighted by Gasteiger charge is 2.12. The molecular weight excluding hydrogens is 351 g/mol. The quantitative estimate of drug-likeness (QED) is 0.690. The predicted octanol–water partition coefficient (Wildman–Crippen LogP) is 4.63. The van der Waals surface area contributed by atoms with E-state index in [1.807, 2.05) is 18.4 Å². The van der Waals surface area contributed by atoms with Gasteiger partial charge in [-0.1, -0.05) is 18.2 Å². The van der Waals surface area contributed by atoms with Gasteiger partial charge in [-0.15, -0.1) is 11.3 Å². The van der Waals surface area contributed by atoms with Crippen LogP contribution in [0.3, 0.4) is 0 Å². The third-order valence-electron chi connectivity index (χ3n) is 3.87. The molecule has 0 spiro atoms. The molecule has 1 heterocycles. The molecule has 0 aliphatic carbocycles. The van der Waals surface area contributed by atoms with Gasteiger partial charge >= 0.3 is 0 Å². The molecule has 3 aromatic rings. The van der Waals surface area contributed by atoms with Gasteiger partial charge in [-0.3, -0.25) is 9.59 Å². The van der Waals surface area contributed by atoms with Crippen molar-refractivity contribution in [3.63, 3.8) is 0 Å². The fraction of sp³-hybridized carbons (Fsp3) is 0.100. The number of halogens is 1. The van der Waals surface area contributed by atoms with Crippen molar-refractivity contribution in [1.82, 2.24) is 5.32 Å². The van der Waals surface area contributed by atoms with Crippen molar-refractivity contribution >= 4 is 28.8 Å². The summed E-state index contributed by atoms with van der Waals surface area (Å²) in [5, 5.41) is 7.49. The van der Waals surface area contributed by atoms with Crippen LogP contribution in [0.1, 0.15) is 38.6 Å². The summed E-state index contributed by atoms with van der Waals surface area (Å²) in [5.41, 5.74) is 1.92. The van der Waals surface area contributed by atoms with Gasteiger partial charge in [-0.25, -0.2) is 4.39 Å². The van der Waals surface area contributed by atoms with E-state index < -0.39 is 0 Å². The van der Waals surface area contributed by atoms with Crippen molar-refractivity contribution in [2.45, 2.75) is 13.0 Å². The van der Waals surface area contributed by atoms with Crippen LogP contribution in [0.25, 0.3) is 0 Å². The van der Waals surface area contributed by atoms with Gasteiger partial charge in [0.05, 0.1) is 10.9 Å². The lowest BCUT2D eigenvalue weighted by atomic mass is 10.1. The van der Waals surface area contributed by atoms with Gasteiger partial charge in [0.25, 0.3) is 11.8 Å². The van der Waals surface area contributed by atoms with Crippen LogP contribution >= 0.6 is 11.3 Å². The smallest absolute Gasteiger partial charge is 0.265 e. The minimum Gasteiger partial charge on any atom is -0.346 e. The molecule has 4 nitrogen and oxygen atoms in total. The fourth-order valence-electron chi connectivity index (χ4n) is 2.42. The molecule has 3 rings (SSSR count). The Balaban J connectivity index is 1.61. The summed E-state index contributed by atoms with van der Waals surface area (Å²) >= 11 is 1.36. The van der Waals surface area contributed by atoms with Gasteiger partial charge in [0.2, 0.25) is 0 Å². The maximum absolute atomic E-state index is 13.0. The van der Waals surface area contributed by atoms with Gasteiger partial charge in [0.15, 0.2) is 0 Å². The predicted molar refractivity (Wildman–Crippen MR) is 101 cm³/mol. The highest BCUT2D eigenvalue weighted by atomic mass is 32.1. The van der Waals surface area contributed by atoms with E-state index in [2.05, 4.69) is 10.6 Å². The van der Waals surface area contributed by atoms with E-state index in [1.165, 1.54) is 23.5 Å². The van der Waals surface area contributed by atoms with E-state index in [1.54, 1.807) is 42.5 Å². The Morgan fingerprint density at radius 3 is 2.27 bits per heavy atom. The van der Waals surface area contributed by atoms with Gasteiger partial charge < -0.3 is 10.6 Å². The number of rotatable bonds is 5. The Labute approximate surface area is 154 Å². The third-order valence-corrected chi connectivity index (χ3v) is 4.74. The molecule has 2 amide bonds. The zero-order chi connectivity index (χ0) is 18.5. The van der Waals surface area contributed by atoms with Gasteiger partial charge in [-0.05, 0) is 60.3 Å². The first-order valence-electron chi connectivity index (χ1n) is 8.04. The molecule has 132 valence electrons. The SMILES string of the molecule is CC(NC(=O)c1ccc(NC(=O)c2cccs2)cc1)c1ccc(F)cc1. The molecule has 6 heteroatoms. The Hall–Kier alpha value is -2.99. The summed E-state index contributed by atoms with van der Waals surface area (Å²) in [6.45, 7) is 1.83. The van der Waals surface area contributed by atoms with Gasteiger partial charge in [0, 0.05) is 11.3 Å². The van der Waals surface area contributed by atoms with Gasteiger partial charge in [0.1, 0.15) is 5.82 Å². The topological polar surface area (TPSA) is 58.2 Å². The molecular formula is C20H17FN2O2S. The number of benzene rings is 2. The van der Waals surface area contributed by atoms with E-state index >= 15 is 0 Å². The molecule has 0 saturated heterocycles. The maximum Gasteiger partial charge on any atom is 0.265 e. The Kier molecular flexibility index (Phi) is 5.43. The number of carbonyl (C=O) groups excluding carboxylic acids is 2. The standard InChI is InChI=1S/C20H17FN2O2S/c1-13(14-4-8-16(21)9-5-14)22-19(24)15-6-10-17(11-7-15)23-20(25)18-3-2-12-26-18/h2-13H,1H3,(H,22,24)(H,23,25). The lowest BCUT2D eigenvalue weighted by Gasteiger charge is -2.14. The van der Waals surface area contributed by atoms with Crippen molar-refractivity contribution in [3.8, 4) is 0 Å². The average Bonchev–Trinajstić information content (AvgIpc) is 3.17. The number of nitrogens with one attached hydrogen (secondary N) is 2. The van der Waals surface area contributed by atoms with Crippen LogP contribution in [0.4, 0.5) is 10.1 Å². The summed E-state index contributed by atoms with van der Waals surface area (Å²) in [6, 6.07) is 16.0. The fourth-order valence-corrected chi connectivity index (χ4v) is 3.04. The number of amides is 2. The minimum atomic E-state index is -0.313. The van der Waals surface area contributed by atoms with Crippen molar-refractivity contribution in [1.29, 1.82) is 0 Å². The Morgan fingerprint density at radius 2 is 1.65 bits per heavy atom. The van der Waals surface area contributed by atoms with E-state index in [9.17, 15) is 14.0 Å². The summed E-state index contributed by atoms with van der Waals surface area (Å²) in [6.07, 6.45) is 0. The van der Waals surface area contributed by atoms with Gasteiger partial charge in [-0.2, -0.15) is 0 Å². The zero-order valence-electron chi connectivity index (χ0n) is 14.0. The largest absolute Gasteiger partial charge is 0.346 e. The Bertz CT molecular complexity index is 891. The zero-order valence-corrected chi connectivity index (χ0v) is 14.8. The molecule has 0 aliphatic rings. The molecule has 2 N–H and O–H groups in total. The summed E-state index contributed by atoms with van der Waals surface area (Å²) in [4.78, 5) is 25.0. The van der Waals surface area contributed by atoms with E-state index in [-0.39, 0.29) is 23.7 Å². The number of carbonyl (C=O) groups is 2. The molecule has 0 fully saturated rings. The van der Waals surface area contributed by atoms with Crippen molar-refractivity contribution in [2.24, 2.45) is 0 Å². The second kappa shape index (κ2) is 7.93. The van der Waals surface area contributed by atoms with E-state index in [4.69, 9.17) is 0 Å². The highest BCUT2D eigenvalue weighted by Crippen LogP contribution is 2.16. The molecule has 1 aromatic heterocycles. The monoisotopic (exact) mass is 368 g/mol. The Morgan fingerprint density at radius 1 is 0.962 bits per heavy atom. The summed E-state index contributed by atoms with van der Waals surface area (Å²) in [7, 11) is 0. The van der Waals surface area contributed by atoms with Crippen LogP contribution in [0.2, 0.25) is 0 Å². The molecule has 0 bridgehead atoms. The molecule has 1 unspecified atom stereocenters. The van der Waals surface area contributed by atoms with Crippen LogP contribution < -0.4 is 10.6 Å². The molecule has 2 aromatic carbocycles. The molecule has 26 heavy (non-hydrogen) atoms. The van der Waals surface area contributed by atoms with Crippen LogP contribution in [0.15, 0.2) is 66.0 Å². The van der Waals surface area contributed by atoms with E-state index in [0.29, 0.717) is 16.1 Å². The molecule has 0 aliphatic heterocycles. The van der Waals surface area contributed by atoms with Crippen molar-refractivity contribution in [3.05, 3.63) is 87.9 Å². The number of anilines is 1. The number of hydrogen-bond donors (Lipinski definition) is 2. The second-order valence-corrected chi connectivity index (χ2v) is 6.70. The lowest BCUT2D eigenvalue weighted by Crippen LogP contribution is -2.26. The normalized spacial score (nSPS) is 11.6.